The smallest absolute Gasteiger partial charge is 0.0784 e. The van der Waals surface area contributed by atoms with Crippen LogP contribution < -0.4 is 5.32 Å². The Morgan fingerprint density at radius 2 is 2.17 bits per heavy atom. The summed E-state index contributed by atoms with van der Waals surface area (Å²) in [6, 6.07) is 1.07. The van der Waals surface area contributed by atoms with Gasteiger partial charge < -0.3 is 5.32 Å². The van der Waals surface area contributed by atoms with Crippen LogP contribution in [0.5, 0.6) is 0 Å². The van der Waals surface area contributed by atoms with Crippen molar-refractivity contribution >= 4 is 0 Å². The molecule has 4 nitrogen and oxygen atoms in total. The highest BCUT2D eigenvalue weighted by molar-refractivity contribution is 5.13. The van der Waals surface area contributed by atoms with Gasteiger partial charge in [0.1, 0.15) is 0 Å². The van der Waals surface area contributed by atoms with Gasteiger partial charge in [-0.3, -0.25) is 14.9 Å². The molecule has 1 unspecified atom stereocenters. The standard InChI is InChI=1S/C14H22N4/c1-10-14(17-7-6-15-10)11(2)18-8-12-4-3-5-16-13(12)9-18/h6-7,11-13,16H,3-5,8-9H2,1-2H3/t11?,12-,13+/m0/s1. The minimum absolute atomic E-state index is 0.381. The highest BCUT2D eigenvalue weighted by Gasteiger charge is 2.36. The number of fused-ring (bicyclic) bond motifs is 1. The van der Waals surface area contributed by atoms with Gasteiger partial charge in [0, 0.05) is 31.5 Å². The first-order valence-electron chi connectivity index (χ1n) is 7.00. The molecule has 3 atom stereocenters. The van der Waals surface area contributed by atoms with E-state index in [1.165, 1.54) is 25.9 Å². The van der Waals surface area contributed by atoms with Crippen molar-refractivity contribution in [2.24, 2.45) is 5.92 Å². The number of nitrogens with one attached hydrogen (secondary N) is 1. The van der Waals surface area contributed by atoms with Gasteiger partial charge in [-0.1, -0.05) is 0 Å². The molecule has 4 heteroatoms. The van der Waals surface area contributed by atoms with E-state index in [1.54, 1.807) is 12.4 Å². The molecule has 0 saturated carbocycles. The van der Waals surface area contributed by atoms with E-state index in [0.717, 1.165) is 23.9 Å². The second-order valence-corrected chi connectivity index (χ2v) is 5.62. The Kier molecular flexibility index (Phi) is 3.31. The van der Waals surface area contributed by atoms with Gasteiger partial charge >= 0.3 is 0 Å². The van der Waals surface area contributed by atoms with E-state index in [2.05, 4.69) is 34.0 Å². The minimum Gasteiger partial charge on any atom is -0.312 e. The van der Waals surface area contributed by atoms with Gasteiger partial charge in [-0.05, 0) is 39.2 Å². The highest BCUT2D eigenvalue weighted by Crippen LogP contribution is 2.31. The second kappa shape index (κ2) is 4.94. The number of piperidine rings is 1. The number of aromatic nitrogens is 2. The quantitative estimate of drug-likeness (QED) is 0.859. The molecule has 2 fully saturated rings. The van der Waals surface area contributed by atoms with Crippen LogP contribution in [-0.2, 0) is 0 Å². The summed E-state index contributed by atoms with van der Waals surface area (Å²) in [5.74, 6) is 0.832. The normalized spacial score (nSPS) is 30.1. The molecule has 98 valence electrons. The molecule has 0 spiro atoms. The average molecular weight is 246 g/mol. The Hall–Kier alpha value is -1.00. The molecule has 0 aromatic carbocycles. The van der Waals surface area contributed by atoms with Crippen LogP contribution in [0.25, 0.3) is 0 Å². The molecule has 3 heterocycles. The maximum Gasteiger partial charge on any atom is 0.0784 e. The number of rotatable bonds is 2. The van der Waals surface area contributed by atoms with E-state index in [1.807, 2.05) is 0 Å². The fourth-order valence-electron chi connectivity index (χ4n) is 3.40. The summed E-state index contributed by atoms with van der Waals surface area (Å²) < 4.78 is 0. The van der Waals surface area contributed by atoms with E-state index < -0.39 is 0 Å². The molecular formula is C14H22N4. The summed E-state index contributed by atoms with van der Waals surface area (Å²) in [6.45, 7) is 7.86. The fourth-order valence-corrected chi connectivity index (χ4v) is 3.40. The van der Waals surface area contributed by atoms with Crippen LogP contribution in [0, 0.1) is 12.8 Å². The minimum atomic E-state index is 0.381. The maximum absolute atomic E-state index is 4.52. The molecule has 0 bridgehead atoms. The van der Waals surface area contributed by atoms with Crippen LogP contribution in [0.4, 0.5) is 0 Å². The molecule has 0 radical (unpaired) electrons. The Balaban J connectivity index is 1.74. The van der Waals surface area contributed by atoms with Crippen LogP contribution in [0.3, 0.4) is 0 Å². The van der Waals surface area contributed by atoms with Crippen molar-refractivity contribution in [2.75, 3.05) is 19.6 Å². The maximum atomic E-state index is 4.52. The van der Waals surface area contributed by atoms with Gasteiger partial charge in [-0.2, -0.15) is 0 Å². The van der Waals surface area contributed by atoms with Gasteiger partial charge in [0.15, 0.2) is 0 Å². The Morgan fingerprint density at radius 3 is 2.94 bits per heavy atom. The van der Waals surface area contributed by atoms with Crippen molar-refractivity contribution in [3.8, 4) is 0 Å². The summed E-state index contributed by atoms with van der Waals surface area (Å²) in [6.07, 6.45) is 6.28. The van der Waals surface area contributed by atoms with Crippen molar-refractivity contribution in [3.63, 3.8) is 0 Å². The third kappa shape index (κ3) is 2.15. The van der Waals surface area contributed by atoms with Gasteiger partial charge in [-0.25, -0.2) is 0 Å². The van der Waals surface area contributed by atoms with Crippen LogP contribution in [0.1, 0.15) is 37.2 Å². The lowest BCUT2D eigenvalue weighted by molar-refractivity contribution is 0.245. The summed E-state index contributed by atoms with van der Waals surface area (Å²) in [5, 5.41) is 3.65. The molecule has 2 saturated heterocycles. The first kappa shape index (κ1) is 12.1. The van der Waals surface area contributed by atoms with E-state index in [0.29, 0.717) is 12.1 Å². The Labute approximate surface area is 109 Å². The van der Waals surface area contributed by atoms with E-state index in [4.69, 9.17) is 0 Å². The van der Waals surface area contributed by atoms with Crippen molar-refractivity contribution in [1.29, 1.82) is 0 Å². The van der Waals surface area contributed by atoms with E-state index >= 15 is 0 Å². The first-order valence-corrected chi connectivity index (χ1v) is 7.00. The van der Waals surface area contributed by atoms with Crippen LogP contribution in [0.15, 0.2) is 12.4 Å². The summed E-state index contributed by atoms with van der Waals surface area (Å²) in [4.78, 5) is 11.4. The van der Waals surface area contributed by atoms with Crippen molar-refractivity contribution in [3.05, 3.63) is 23.8 Å². The zero-order valence-electron chi connectivity index (χ0n) is 11.3. The number of likely N-dealkylation sites (tertiary alicyclic amines) is 1. The predicted molar refractivity (Wildman–Crippen MR) is 71.3 cm³/mol. The van der Waals surface area contributed by atoms with Crippen LogP contribution >= 0.6 is 0 Å². The molecule has 1 aromatic heterocycles. The molecule has 18 heavy (non-hydrogen) atoms. The lowest BCUT2D eigenvalue weighted by atomic mass is 9.94. The molecule has 1 N–H and O–H groups in total. The van der Waals surface area contributed by atoms with Crippen molar-refractivity contribution in [2.45, 2.75) is 38.8 Å². The third-order valence-electron chi connectivity index (χ3n) is 4.49. The monoisotopic (exact) mass is 246 g/mol. The number of hydrogen-bond acceptors (Lipinski definition) is 4. The predicted octanol–water partition coefficient (Wildman–Crippen LogP) is 1.53. The molecule has 2 aliphatic heterocycles. The molecular weight excluding hydrogens is 224 g/mol. The molecule has 1 aromatic rings. The Bertz CT molecular complexity index is 406. The lowest BCUT2D eigenvalue weighted by Crippen LogP contribution is -2.40. The zero-order chi connectivity index (χ0) is 12.5. The SMILES string of the molecule is Cc1nccnc1C(C)N1C[C@@H]2CCCN[C@@H]2C1. The molecule has 0 aliphatic carbocycles. The third-order valence-corrected chi connectivity index (χ3v) is 4.49. The lowest BCUT2D eigenvalue weighted by Gasteiger charge is -2.25. The highest BCUT2D eigenvalue weighted by atomic mass is 15.2. The number of hydrogen-bond donors (Lipinski definition) is 1. The van der Waals surface area contributed by atoms with Gasteiger partial charge in [-0.15, -0.1) is 0 Å². The molecule has 0 amide bonds. The van der Waals surface area contributed by atoms with Crippen molar-refractivity contribution in [1.82, 2.24) is 20.2 Å². The van der Waals surface area contributed by atoms with Crippen LogP contribution in [0.2, 0.25) is 0 Å². The molecule has 3 rings (SSSR count). The van der Waals surface area contributed by atoms with E-state index in [9.17, 15) is 0 Å². The van der Waals surface area contributed by atoms with Crippen LogP contribution in [-0.4, -0.2) is 40.5 Å². The summed E-state index contributed by atoms with van der Waals surface area (Å²) >= 11 is 0. The summed E-state index contributed by atoms with van der Waals surface area (Å²) in [5.41, 5.74) is 2.20. The zero-order valence-corrected chi connectivity index (χ0v) is 11.3. The fraction of sp³-hybridized carbons (Fsp3) is 0.714. The van der Waals surface area contributed by atoms with Gasteiger partial charge in [0.25, 0.3) is 0 Å². The second-order valence-electron chi connectivity index (χ2n) is 5.62. The first-order chi connectivity index (χ1) is 8.75. The van der Waals surface area contributed by atoms with Gasteiger partial charge in [0.2, 0.25) is 0 Å². The summed E-state index contributed by atoms with van der Waals surface area (Å²) in [7, 11) is 0. The topological polar surface area (TPSA) is 41.1 Å². The average Bonchev–Trinajstić information content (AvgIpc) is 2.82. The number of nitrogens with zero attached hydrogens (tertiary/aromatic N) is 3. The van der Waals surface area contributed by atoms with Gasteiger partial charge in [0.05, 0.1) is 17.4 Å². The number of aryl methyl sites for hydroxylation is 1. The molecule has 2 aliphatic rings. The largest absolute Gasteiger partial charge is 0.312 e. The van der Waals surface area contributed by atoms with E-state index in [-0.39, 0.29) is 0 Å². The van der Waals surface area contributed by atoms with Crippen molar-refractivity contribution < 1.29 is 0 Å². The Morgan fingerprint density at radius 1 is 1.33 bits per heavy atom.